The Morgan fingerprint density at radius 2 is 2.10 bits per heavy atom. The molecule has 0 aromatic carbocycles. The van der Waals surface area contributed by atoms with Crippen molar-refractivity contribution in [2.24, 2.45) is 11.3 Å². The van der Waals surface area contributed by atoms with E-state index in [1.165, 1.54) is 0 Å². The van der Waals surface area contributed by atoms with E-state index in [4.69, 9.17) is 0 Å². The van der Waals surface area contributed by atoms with E-state index in [2.05, 4.69) is 29.8 Å². The molecule has 1 rings (SSSR count). The molecule has 0 atom stereocenters. The van der Waals surface area contributed by atoms with Crippen molar-refractivity contribution in [1.82, 2.24) is 0 Å². The Hall–Kier alpha value is 0.150. The van der Waals surface area contributed by atoms with Crippen LogP contribution in [0, 0.1) is 11.3 Å². The molecule has 58 valence electrons. The standard InChI is InChI=1S/C8H13BrO/c1-8(2)3-6(4-8)7(10)5-9/h6H,3-5H2,1-2H3. The number of alkyl halides is 1. The van der Waals surface area contributed by atoms with Crippen molar-refractivity contribution in [3.05, 3.63) is 0 Å². The molecule has 0 radical (unpaired) electrons. The molecule has 0 saturated heterocycles. The van der Waals surface area contributed by atoms with Gasteiger partial charge in [0.1, 0.15) is 5.78 Å². The Morgan fingerprint density at radius 3 is 2.40 bits per heavy atom. The van der Waals surface area contributed by atoms with Crippen LogP contribution in [0.2, 0.25) is 0 Å². The van der Waals surface area contributed by atoms with E-state index in [0.29, 0.717) is 22.4 Å². The molecule has 1 fully saturated rings. The van der Waals surface area contributed by atoms with E-state index < -0.39 is 0 Å². The molecule has 0 spiro atoms. The van der Waals surface area contributed by atoms with Crippen molar-refractivity contribution >= 4 is 21.7 Å². The van der Waals surface area contributed by atoms with Crippen LogP contribution >= 0.6 is 15.9 Å². The van der Waals surface area contributed by atoms with Crippen LogP contribution in [-0.2, 0) is 4.79 Å². The van der Waals surface area contributed by atoms with Gasteiger partial charge < -0.3 is 0 Å². The highest BCUT2D eigenvalue weighted by atomic mass is 79.9. The van der Waals surface area contributed by atoms with Gasteiger partial charge in [-0.1, -0.05) is 29.8 Å². The molecule has 1 nitrogen and oxygen atoms in total. The molecule has 1 aliphatic carbocycles. The first kappa shape index (κ1) is 8.25. The lowest BCUT2D eigenvalue weighted by atomic mass is 9.63. The molecule has 1 aliphatic rings. The Labute approximate surface area is 70.3 Å². The van der Waals surface area contributed by atoms with Crippen LogP contribution in [0.15, 0.2) is 0 Å². The quantitative estimate of drug-likeness (QED) is 0.632. The number of hydrogen-bond acceptors (Lipinski definition) is 1. The second-order valence-electron chi connectivity index (χ2n) is 3.87. The van der Waals surface area contributed by atoms with Gasteiger partial charge in [-0.2, -0.15) is 0 Å². The highest BCUT2D eigenvalue weighted by Gasteiger charge is 2.39. The van der Waals surface area contributed by atoms with Crippen molar-refractivity contribution in [3.8, 4) is 0 Å². The average Bonchev–Trinajstić information content (AvgIpc) is 1.81. The van der Waals surface area contributed by atoms with Gasteiger partial charge in [0.2, 0.25) is 0 Å². The minimum atomic E-state index is 0.356. The van der Waals surface area contributed by atoms with Crippen LogP contribution < -0.4 is 0 Å². The predicted octanol–water partition coefficient (Wildman–Crippen LogP) is 2.39. The number of carbonyl (C=O) groups is 1. The van der Waals surface area contributed by atoms with E-state index in [9.17, 15) is 4.79 Å². The molecule has 10 heavy (non-hydrogen) atoms. The first-order chi connectivity index (χ1) is 4.55. The molecule has 0 heterocycles. The predicted molar refractivity (Wildman–Crippen MR) is 45.3 cm³/mol. The van der Waals surface area contributed by atoms with Gasteiger partial charge in [0.15, 0.2) is 0 Å². The largest absolute Gasteiger partial charge is 0.298 e. The fourth-order valence-electron chi connectivity index (χ4n) is 1.61. The molecular formula is C8H13BrO. The zero-order valence-electron chi connectivity index (χ0n) is 6.48. The maximum absolute atomic E-state index is 11.0. The molecule has 0 unspecified atom stereocenters. The van der Waals surface area contributed by atoms with E-state index >= 15 is 0 Å². The number of rotatable bonds is 2. The van der Waals surface area contributed by atoms with Crippen molar-refractivity contribution < 1.29 is 4.79 Å². The molecule has 0 N–H and O–H groups in total. The topological polar surface area (TPSA) is 17.1 Å². The van der Waals surface area contributed by atoms with Crippen LogP contribution in [0.5, 0.6) is 0 Å². The van der Waals surface area contributed by atoms with Gasteiger partial charge in [0.25, 0.3) is 0 Å². The van der Waals surface area contributed by atoms with Crippen LogP contribution in [0.1, 0.15) is 26.7 Å². The molecule has 0 aliphatic heterocycles. The van der Waals surface area contributed by atoms with Gasteiger partial charge in [0, 0.05) is 5.92 Å². The summed E-state index contributed by atoms with van der Waals surface area (Å²) in [6, 6.07) is 0. The summed E-state index contributed by atoms with van der Waals surface area (Å²) in [6.45, 7) is 4.43. The third-order valence-corrected chi connectivity index (χ3v) is 2.74. The average molecular weight is 205 g/mol. The molecule has 0 aromatic heterocycles. The fourth-order valence-corrected chi connectivity index (χ4v) is 2.07. The molecule has 0 amide bonds. The molecular weight excluding hydrogens is 192 g/mol. The van der Waals surface area contributed by atoms with Gasteiger partial charge >= 0.3 is 0 Å². The summed E-state index contributed by atoms with van der Waals surface area (Å²) in [5.74, 6) is 0.730. The third-order valence-electron chi connectivity index (χ3n) is 2.19. The highest BCUT2D eigenvalue weighted by molar-refractivity contribution is 9.09. The number of ketones is 1. The highest BCUT2D eigenvalue weighted by Crippen LogP contribution is 2.45. The Bertz CT molecular complexity index is 143. The summed E-state index contributed by atoms with van der Waals surface area (Å²) in [4.78, 5) is 11.0. The van der Waals surface area contributed by atoms with Crippen LogP contribution in [0.4, 0.5) is 0 Å². The normalized spacial score (nSPS) is 23.9. The minimum absolute atomic E-state index is 0.356. The molecule has 0 bridgehead atoms. The van der Waals surface area contributed by atoms with E-state index in [1.54, 1.807) is 0 Å². The number of Topliss-reactive ketones (excluding diaryl/α,β-unsaturated/α-hetero) is 1. The Balaban J connectivity index is 2.33. The minimum Gasteiger partial charge on any atom is -0.298 e. The second kappa shape index (κ2) is 2.65. The smallest absolute Gasteiger partial charge is 0.146 e. The van der Waals surface area contributed by atoms with Crippen molar-refractivity contribution in [2.75, 3.05) is 5.33 Å². The summed E-state index contributed by atoms with van der Waals surface area (Å²) in [5, 5.41) is 0.535. The maximum atomic E-state index is 11.0. The van der Waals surface area contributed by atoms with E-state index in [-0.39, 0.29) is 0 Å². The first-order valence-corrected chi connectivity index (χ1v) is 4.76. The van der Waals surface area contributed by atoms with Crippen molar-refractivity contribution in [2.45, 2.75) is 26.7 Å². The second-order valence-corrected chi connectivity index (χ2v) is 4.43. The molecule has 1 saturated carbocycles. The Morgan fingerprint density at radius 1 is 1.60 bits per heavy atom. The summed E-state index contributed by atoms with van der Waals surface area (Å²) in [5.41, 5.74) is 0.433. The molecule has 2 heteroatoms. The lowest BCUT2D eigenvalue weighted by Gasteiger charge is -2.41. The summed E-state index contributed by atoms with van der Waals surface area (Å²) in [6.07, 6.45) is 2.16. The van der Waals surface area contributed by atoms with E-state index in [1.807, 2.05) is 0 Å². The van der Waals surface area contributed by atoms with Crippen molar-refractivity contribution in [1.29, 1.82) is 0 Å². The summed E-state index contributed by atoms with van der Waals surface area (Å²) < 4.78 is 0. The zero-order chi connectivity index (χ0) is 7.78. The lowest BCUT2D eigenvalue weighted by molar-refractivity contribution is -0.126. The van der Waals surface area contributed by atoms with E-state index in [0.717, 1.165) is 12.8 Å². The third kappa shape index (κ3) is 1.60. The van der Waals surface area contributed by atoms with Crippen LogP contribution in [-0.4, -0.2) is 11.1 Å². The van der Waals surface area contributed by atoms with Gasteiger partial charge in [-0.05, 0) is 18.3 Å². The Kier molecular flexibility index (Phi) is 2.18. The number of halogens is 1. The molecule has 0 aromatic rings. The van der Waals surface area contributed by atoms with Crippen LogP contribution in [0.3, 0.4) is 0 Å². The number of hydrogen-bond donors (Lipinski definition) is 0. The zero-order valence-corrected chi connectivity index (χ0v) is 8.07. The van der Waals surface area contributed by atoms with Crippen molar-refractivity contribution in [3.63, 3.8) is 0 Å². The van der Waals surface area contributed by atoms with Gasteiger partial charge in [-0.25, -0.2) is 0 Å². The summed E-state index contributed by atoms with van der Waals surface area (Å²) >= 11 is 3.18. The fraction of sp³-hybridized carbons (Fsp3) is 0.875. The lowest BCUT2D eigenvalue weighted by Crippen LogP contribution is -2.37. The van der Waals surface area contributed by atoms with Gasteiger partial charge in [-0.3, -0.25) is 4.79 Å². The first-order valence-electron chi connectivity index (χ1n) is 3.64. The summed E-state index contributed by atoms with van der Waals surface area (Å²) in [7, 11) is 0. The monoisotopic (exact) mass is 204 g/mol. The van der Waals surface area contributed by atoms with Gasteiger partial charge in [-0.15, -0.1) is 0 Å². The number of carbonyl (C=O) groups excluding carboxylic acids is 1. The van der Waals surface area contributed by atoms with Crippen LogP contribution in [0.25, 0.3) is 0 Å². The van der Waals surface area contributed by atoms with Gasteiger partial charge in [0.05, 0.1) is 5.33 Å². The maximum Gasteiger partial charge on any atom is 0.146 e. The SMILES string of the molecule is CC1(C)CC(C(=O)CBr)C1.